The summed E-state index contributed by atoms with van der Waals surface area (Å²) in [6.07, 6.45) is 2.10. The maximum Gasteiger partial charge on any atom is 0.0314 e. The van der Waals surface area contributed by atoms with E-state index in [9.17, 15) is 0 Å². The van der Waals surface area contributed by atoms with Crippen molar-refractivity contribution in [2.45, 2.75) is 12.8 Å². The van der Waals surface area contributed by atoms with Gasteiger partial charge in [0, 0.05) is 5.69 Å². The Kier molecular flexibility index (Phi) is 9.46. The van der Waals surface area contributed by atoms with Gasteiger partial charge in [0.15, 0.2) is 0 Å². The molecule has 4 N–H and O–H groups in total. The zero-order valence-corrected chi connectivity index (χ0v) is 9.03. The van der Waals surface area contributed by atoms with Crippen molar-refractivity contribution in [2.75, 3.05) is 12.3 Å². The molecule has 0 bridgehead atoms. The van der Waals surface area contributed by atoms with Crippen LogP contribution in [0, 0.1) is 0 Å². The highest BCUT2D eigenvalue weighted by Gasteiger charge is 1.90. The zero-order valence-electron chi connectivity index (χ0n) is 7.40. The lowest BCUT2D eigenvalue weighted by Crippen LogP contribution is -2.00. The van der Waals surface area contributed by atoms with Gasteiger partial charge in [0.25, 0.3) is 0 Å². The summed E-state index contributed by atoms with van der Waals surface area (Å²) < 4.78 is 0. The first-order valence-electron chi connectivity index (χ1n) is 3.87. The molecule has 0 heterocycles. The first-order chi connectivity index (χ1) is 5.33. The number of hydrogen-bond acceptors (Lipinski definition) is 2. The molecular formula is C9H16Cl2N2. The van der Waals surface area contributed by atoms with Crippen LogP contribution in [0.2, 0.25) is 0 Å². The smallest absolute Gasteiger partial charge is 0.0314 e. The molecule has 2 nitrogen and oxygen atoms in total. The Morgan fingerprint density at radius 1 is 1.00 bits per heavy atom. The van der Waals surface area contributed by atoms with E-state index in [1.54, 1.807) is 0 Å². The molecule has 0 saturated heterocycles. The van der Waals surface area contributed by atoms with Crippen LogP contribution in [-0.2, 0) is 6.42 Å². The minimum absolute atomic E-state index is 0. The first kappa shape index (κ1) is 15.1. The zero-order chi connectivity index (χ0) is 8.10. The Morgan fingerprint density at radius 2 is 1.54 bits per heavy atom. The first-order valence-corrected chi connectivity index (χ1v) is 3.87. The molecule has 1 aromatic rings. The van der Waals surface area contributed by atoms with E-state index >= 15 is 0 Å². The lowest BCUT2D eigenvalue weighted by Gasteiger charge is -1.99. The summed E-state index contributed by atoms with van der Waals surface area (Å²) in [5.41, 5.74) is 13.0. The van der Waals surface area contributed by atoms with Gasteiger partial charge < -0.3 is 11.5 Å². The number of nitrogen functional groups attached to an aromatic ring is 1. The minimum atomic E-state index is 0. The second-order valence-electron chi connectivity index (χ2n) is 2.63. The van der Waals surface area contributed by atoms with E-state index in [0.29, 0.717) is 0 Å². The van der Waals surface area contributed by atoms with Gasteiger partial charge in [0.2, 0.25) is 0 Å². The van der Waals surface area contributed by atoms with Gasteiger partial charge in [-0.3, -0.25) is 0 Å². The molecule has 0 radical (unpaired) electrons. The molecule has 0 aliphatic rings. The van der Waals surface area contributed by atoms with Crippen LogP contribution in [0.15, 0.2) is 24.3 Å². The average Bonchev–Trinajstić information content (AvgIpc) is 2.04. The summed E-state index contributed by atoms with van der Waals surface area (Å²) in [6.45, 7) is 0.754. The highest BCUT2D eigenvalue weighted by atomic mass is 35.5. The summed E-state index contributed by atoms with van der Waals surface area (Å²) in [5.74, 6) is 0. The van der Waals surface area contributed by atoms with Crippen molar-refractivity contribution >= 4 is 30.5 Å². The Balaban J connectivity index is 0. The molecule has 0 aliphatic heterocycles. The number of benzene rings is 1. The normalized spacial score (nSPS) is 8.38. The lowest BCUT2D eigenvalue weighted by atomic mass is 10.1. The molecule has 0 spiro atoms. The number of anilines is 1. The summed E-state index contributed by atoms with van der Waals surface area (Å²) in [5, 5.41) is 0. The third kappa shape index (κ3) is 5.75. The molecule has 0 saturated carbocycles. The number of hydrogen-bond donors (Lipinski definition) is 2. The van der Waals surface area contributed by atoms with E-state index in [4.69, 9.17) is 11.5 Å². The van der Waals surface area contributed by atoms with Crippen LogP contribution in [0.25, 0.3) is 0 Å². The van der Waals surface area contributed by atoms with Gasteiger partial charge in [-0.05, 0) is 37.1 Å². The van der Waals surface area contributed by atoms with Gasteiger partial charge in [-0.25, -0.2) is 0 Å². The molecule has 0 atom stereocenters. The van der Waals surface area contributed by atoms with Crippen molar-refractivity contribution < 1.29 is 0 Å². The lowest BCUT2D eigenvalue weighted by molar-refractivity contribution is 0.833. The molecule has 1 aromatic carbocycles. The summed E-state index contributed by atoms with van der Waals surface area (Å²) in [4.78, 5) is 0. The SMILES string of the molecule is Cl.Cl.NCCCc1ccc(N)cc1. The van der Waals surface area contributed by atoms with Gasteiger partial charge >= 0.3 is 0 Å². The van der Waals surface area contributed by atoms with E-state index in [1.165, 1.54) is 5.56 Å². The molecule has 76 valence electrons. The van der Waals surface area contributed by atoms with E-state index in [0.717, 1.165) is 25.1 Å². The second-order valence-corrected chi connectivity index (χ2v) is 2.63. The van der Waals surface area contributed by atoms with Crippen LogP contribution in [0.3, 0.4) is 0 Å². The Morgan fingerprint density at radius 3 is 2.00 bits per heavy atom. The monoisotopic (exact) mass is 222 g/mol. The Hall–Kier alpha value is -0.440. The fourth-order valence-corrected chi connectivity index (χ4v) is 0.990. The van der Waals surface area contributed by atoms with Gasteiger partial charge in [-0.1, -0.05) is 12.1 Å². The summed E-state index contributed by atoms with van der Waals surface area (Å²) >= 11 is 0. The molecule has 13 heavy (non-hydrogen) atoms. The van der Waals surface area contributed by atoms with Crippen LogP contribution in [0.4, 0.5) is 5.69 Å². The number of rotatable bonds is 3. The van der Waals surface area contributed by atoms with E-state index < -0.39 is 0 Å². The van der Waals surface area contributed by atoms with Gasteiger partial charge in [0.1, 0.15) is 0 Å². The maximum absolute atomic E-state index is 5.53. The minimum Gasteiger partial charge on any atom is -0.399 e. The van der Waals surface area contributed by atoms with Gasteiger partial charge in [0.05, 0.1) is 0 Å². The topological polar surface area (TPSA) is 52.0 Å². The molecule has 0 unspecified atom stereocenters. The van der Waals surface area contributed by atoms with Crippen LogP contribution < -0.4 is 11.5 Å². The quantitative estimate of drug-likeness (QED) is 0.770. The number of nitrogens with two attached hydrogens (primary N) is 2. The fourth-order valence-electron chi connectivity index (χ4n) is 0.990. The van der Waals surface area contributed by atoms with Crippen LogP contribution in [0.1, 0.15) is 12.0 Å². The van der Waals surface area contributed by atoms with E-state index in [-0.39, 0.29) is 24.8 Å². The molecule has 1 rings (SSSR count). The predicted octanol–water partition coefficient (Wildman–Crippen LogP) is 2.00. The summed E-state index contributed by atoms with van der Waals surface area (Å²) in [7, 11) is 0. The van der Waals surface area contributed by atoms with Crippen molar-refractivity contribution in [2.24, 2.45) is 5.73 Å². The number of aryl methyl sites for hydroxylation is 1. The molecule has 0 fully saturated rings. The van der Waals surface area contributed by atoms with Crippen molar-refractivity contribution in [3.8, 4) is 0 Å². The second kappa shape index (κ2) is 8.17. The van der Waals surface area contributed by atoms with Crippen LogP contribution in [-0.4, -0.2) is 6.54 Å². The van der Waals surface area contributed by atoms with Crippen molar-refractivity contribution in [1.82, 2.24) is 0 Å². The van der Waals surface area contributed by atoms with E-state index in [1.807, 2.05) is 24.3 Å². The highest BCUT2D eigenvalue weighted by molar-refractivity contribution is 5.85. The third-order valence-electron chi connectivity index (χ3n) is 1.65. The summed E-state index contributed by atoms with van der Waals surface area (Å²) in [6, 6.07) is 7.94. The average molecular weight is 223 g/mol. The van der Waals surface area contributed by atoms with Crippen molar-refractivity contribution in [1.29, 1.82) is 0 Å². The van der Waals surface area contributed by atoms with Crippen molar-refractivity contribution in [3.05, 3.63) is 29.8 Å². The van der Waals surface area contributed by atoms with Crippen molar-refractivity contribution in [3.63, 3.8) is 0 Å². The van der Waals surface area contributed by atoms with Crippen LogP contribution in [0.5, 0.6) is 0 Å². The molecule has 0 aliphatic carbocycles. The molecule has 0 amide bonds. The maximum atomic E-state index is 5.53. The predicted molar refractivity (Wildman–Crippen MR) is 62.7 cm³/mol. The standard InChI is InChI=1S/C9H14N2.2ClH/c10-7-1-2-8-3-5-9(11)6-4-8;;/h3-6H,1-2,7,10-11H2;2*1H. The van der Waals surface area contributed by atoms with Crippen LogP contribution >= 0.6 is 24.8 Å². The van der Waals surface area contributed by atoms with E-state index in [2.05, 4.69) is 0 Å². The Labute approximate surface area is 91.5 Å². The largest absolute Gasteiger partial charge is 0.399 e. The molecule has 4 heteroatoms. The van der Waals surface area contributed by atoms with Gasteiger partial charge in [-0.15, -0.1) is 24.8 Å². The number of halogens is 2. The molecular weight excluding hydrogens is 207 g/mol. The molecule has 0 aromatic heterocycles. The Bertz CT molecular complexity index is 211. The third-order valence-corrected chi connectivity index (χ3v) is 1.65. The fraction of sp³-hybridized carbons (Fsp3) is 0.333. The van der Waals surface area contributed by atoms with Gasteiger partial charge in [-0.2, -0.15) is 0 Å². The highest BCUT2D eigenvalue weighted by Crippen LogP contribution is 2.06.